The number of hydrogen-bond donors (Lipinski definition) is 17. The number of carbonyl (C=O) groups excluding carboxylic acids is 12. The van der Waals surface area contributed by atoms with E-state index in [1.807, 2.05) is 18.7 Å². The van der Waals surface area contributed by atoms with Crippen LogP contribution in [0.4, 0.5) is 5.69 Å². The van der Waals surface area contributed by atoms with Crippen LogP contribution in [0, 0.1) is 11.8 Å². The summed E-state index contributed by atoms with van der Waals surface area (Å²) in [5.41, 5.74) is 14.6. The second-order valence-corrected chi connectivity index (χ2v) is 30.3. The number of hydrogen-bond acceptors (Lipinski definition) is 22. The minimum absolute atomic E-state index is 0. The molecule has 0 spiro atoms. The van der Waals surface area contributed by atoms with Gasteiger partial charge in [-0.3, -0.25) is 96.4 Å². The predicted molar refractivity (Wildman–Crippen MR) is 436 cm³/mol. The fraction of sp³-hybridized carbons (Fsp3) is 0.525. The van der Waals surface area contributed by atoms with Crippen molar-refractivity contribution >= 4 is 105 Å². The monoisotopic (exact) mass is 1660 g/mol. The molecule has 0 radical (unpaired) electrons. The zero-order chi connectivity index (χ0) is 86.0. The van der Waals surface area contributed by atoms with Crippen molar-refractivity contribution in [1.29, 1.82) is 0 Å². The van der Waals surface area contributed by atoms with Crippen molar-refractivity contribution in [2.45, 2.75) is 148 Å². The number of carboxylic acids is 3. The Morgan fingerprint density at radius 3 is 1.66 bits per heavy atom. The number of carboxylic acid groups (broad SMARTS) is 3. The van der Waals surface area contributed by atoms with Gasteiger partial charge >= 0.3 is 17.9 Å². The number of nitrogens with one attached hydrogen (secondary N) is 12. The molecule has 0 saturated carbocycles. The molecule has 2 aliphatic rings. The van der Waals surface area contributed by atoms with E-state index in [0.717, 1.165) is 6.42 Å². The molecular weight excluding hydrogens is 1550 g/mol. The summed E-state index contributed by atoms with van der Waals surface area (Å²) in [7, 11) is 0. The van der Waals surface area contributed by atoms with Gasteiger partial charge in [0.25, 0.3) is 0 Å². The smallest absolute Gasteiger partial charge is 0.317 e. The first kappa shape index (κ1) is 96.1. The number of amides is 12. The Bertz CT molecular complexity index is 4190. The van der Waals surface area contributed by atoms with Gasteiger partial charge in [-0.2, -0.15) is 0 Å². The summed E-state index contributed by atoms with van der Waals surface area (Å²) in [5, 5.41) is 56.3. The molecule has 3 aromatic carbocycles. The Morgan fingerprint density at radius 2 is 1.08 bits per heavy atom. The number of anilines is 1. The van der Waals surface area contributed by atoms with Crippen molar-refractivity contribution in [3.63, 3.8) is 0 Å². The Hall–Kier alpha value is -11.8. The number of nitrogens with zero attached hydrogens (tertiary/aromatic N) is 6. The van der Waals surface area contributed by atoms with Crippen LogP contribution in [0.1, 0.15) is 96.5 Å². The van der Waals surface area contributed by atoms with E-state index < -0.39 is 170 Å². The normalized spacial score (nSPS) is 16.4. The van der Waals surface area contributed by atoms with Crippen molar-refractivity contribution in [3.8, 4) is 0 Å². The zero-order valence-corrected chi connectivity index (χ0v) is 67.1. The van der Waals surface area contributed by atoms with Gasteiger partial charge in [0.2, 0.25) is 70.9 Å². The van der Waals surface area contributed by atoms with Crippen molar-refractivity contribution in [2.75, 3.05) is 117 Å². The van der Waals surface area contributed by atoms with Crippen molar-refractivity contribution in [2.24, 2.45) is 23.3 Å². The van der Waals surface area contributed by atoms with E-state index in [1.54, 1.807) is 119 Å². The van der Waals surface area contributed by atoms with Crippen LogP contribution in [0.2, 0.25) is 0 Å². The van der Waals surface area contributed by atoms with E-state index in [0.29, 0.717) is 64.9 Å². The SMILES string of the molecule is C.CC(C)C[C@@H](CN1CCC[C@H]1C(N)=O)NC(=O)[C@H](Cc1cnc[nH]1)NC(=O)CNC(=O)[C@@H](NC(=O)[C@H](C)NC(=O)[C@H](Cc1c[nH]c2ccccc12)NC(=O)[C@H](CCC(N)=O)NC(=O)[C@@H](Cc1ccccc1)NC(=O)COCC(=O)Nc1ccc(CNC(=O)CN2CCN(CC(=O)O)CCN(CC(=O)O)CCN(CC(=O)O)CC2)cc1)C(C)C. The summed E-state index contributed by atoms with van der Waals surface area (Å²) in [6.07, 6.45) is 5.30. The maximum Gasteiger partial charge on any atom is 0.317 e. The molecule has 7 rings (SSSR count). The average Bonchev–Trinajstić information content (AvgIpc) is 1.70. The van der Waals surface area contributed by atoms with Gasteiger partial charge < -0.3 is 94.7 Å². The average molecular weight is 1660 g/mol. The molecule has 5 aromatic rings. The Morgan fingerprint density at radius 1 is 0.538 bits per heavy atom. The summed E-state index contributed by atoms with van der Waals surface area (Å²) in [6.45, 7) is 8.40. The molecule has 4 heterocycles. The number of H-pyrrole nitrogens is 2. The molecule has 2 aromatic heterocycles. The molecule has 0 unspecified atom stereocenters. The number of likely N-dealkylation sites (tertiary alicyclic amines) is 1. The fourth-order valence-corrected chi connectivity index (χ4v) is 13.7. The quantitative estimate of drug-likeness (QED) is 0.0196. The fourth-order valence-electron chi connectivity index (χ4n) is 13.7. The summed E-state index contributed by atoms with van der Waals surface area (Å²) >= 11 is 0. The number of aromatic nitrogens is 3. The second-order valence-electron chi connectivity index (χ2n) is 30.3. The molecule has 12 amide bonds. The van der Waals surface area contributed by atoms with Crippen LogP contribution in [-0.2, 0) is 102 Å². The van der Waals surface area contributed by atoms with Crippen LogP contribution >= 0.6 is 0 Å². The first-order valence-electron chi connectivity index (χ1n) is 39.3. The van der Waals surface area contributed by atoms with Gasteiger partial charge in [0, 0.05) is 132 Å². The number of para-hydroxylation sites is 1. The highest BCUT2D eigenvalue weighted by Crippen LogP contribution is 2.22. The topological polar surface area (TPSA) is 559 Å². The number of nitrogens with two attached hydrogens (primary N) is 2. The minimum atomic E-state index is -1.59. The molecule has 39 nitrogen and oxygen atoms in total. The number of fused-ring (bicyclic) bond motifs is 1. The predicted octanol–water partition coefficient (Wildman–Crippen LogP) is -2.25. The number of imidazole rings is 1. The number of ether oxygens (including phenoxy) is 1. The third-order valence-electron chi connectivity index (χ3n) is 19.8. The second kappa shape index (κ2) is 48.8. The number of carbonyl (C=O) groups is 15. The Kier molecular flexibility index (Phi) is 39.4. The molecular formula is C80H116N20O19. The summed E-state index contributed by atoms with van der Waals surface area (Å²) in [5.74, 6) is -12.5. The molecule has 8 atom stereocenters. The summed E-state index contributed by atoms with van der Waals surface area (Å²) < 4.78 is 5.48. The van der Waals surface area contributed by atoms with Crippen LogP contribution in [0.5, 0.6) is 0 Å². The lowest BCUT2D eigenvalue weighted by Crippen LogP contribution is -2.60. The molecule has 119 heavy (non-hydrogen) atoms. The van der Waals surface area contributed by atoms with E-state index in [1.165, 1.54) is 19.4 Å². The Labute approximate surface area is 690 Å². The minimum Gasteiger partial charge on any atom is -0.480 e. The van der Waals surface area contributed by atoms with Gasteiger partial charge in [0.05, 0.1) is 45.1 Å². The van der Waals surface area contributed by atoms with E-state index in [4.69, 9.17) is 16.2 Å². The van der Waals surface area contributed by atoms with Gasteiger partial charge in [0.1, 0.15) is 49.5 Å². The van der Waals surface area contributed by atoms with Gasteiger partial charge in [-0.25, -0.2) is 4.98 Å². The van der Waals surface area contributed by atoms with Crippen LogP contribution in [0.3, 0.4) is 0 Å². The van der Waals surface area contributed by atoms with Gasteiger partial charge in [-0.1, -0.05) is 95.8 Å². The molecule has 650 valence electrons. The lowest BCUT2D eigenvalue weighted by molar-refractivity contribution is -0.140. The maximum absolute atomic E-state index is 14.7. The zero-order valence-electron chi connectivity index (χ0n) is 67.1. The standard InChI is InChI=1S/C79H112N20O19.CH4/c1-48(2)32-56(40-99-23-11-16-63(99)73(81)111)89-77(115)62(35-55-38-82-47-86-55)90-65(101)39-85-79(117)72(49(3)4)94-74(112)50(5)87-76(114)61(34-53-37-83-58-15-10-9-14-57(53)58)93-75(113)59(21-22-64(80)100)92-78(116)60(33-51-12-7-6-8-13-51)91-68(104)46-118-45-67(103)88-54-19-17-52(18-20-54)36-84-66(102)41-95-24-26-96(42-69(105)106)28-30-98(44-71(109)110)31-29-97(27-25-95)43-70(107)108;/h6-10,12-15,17-20,37-38,47-50,56,59-63,72,83H,11,16,21-36,39-46H2,1-5H3,(H2,80,100)(H2,81,111)(H,82,86)(H,84,102)(H,85,117)(H,87,114)(H,88,103)(H,89,115)(H,90,101)(H,91,104)(H,92,116)(H,93,113)(H,94,112)(H,105,106)(H,107,108)(H,109,110);1H4/t50-,56-,59-,60+,61-,62-,63-,72-;/m0./s1. The molecule has 39 heteroatoms. The van der Waals surface area contributed by atoms with Gasteiger partial charge in [-0.15, -0.1) is 0 Å². The van der Waals surface area contributed by atoms with E-state index in [-0.39, 0.29) is 124 Å². The third kappa shape index (κ3) is 34.0. The van der Waals surface area contributed by atoms with Crippen molar-refractivity contribution in [1.82, 2.24) is 87.3 Å². The van der Waals surface area contributed by atoms with Gasteiger partial charge in [-0.05, 0) is 85.9 Å². The third-order valence-corrected chi connectivity index (χ3v) is 19.8. The first-order chi connectivity index (χ1) is 56.2. The van der Waals surface area contributed by atoms with E-state index >= 15 is 0 Å². The maximum atomic E-state index is 14.7. The van der Waals surface area contributed by atoms with Crippen LogP contribution in [0.15, 0.2) is 97.6 Å². The van der Waals surface area contributed by atoms with Crippen LogP contribution in [0.25, 0.3) is 10.9 Å². The molecule has 2 fully saturated rings. The number of aromatic amines is 2. The lowest BCUT2D eigenvalue weighted by atomic mass is 10.0. The largest absolute Gasteiger partial charge is 0.480 e. The molecule has 2 aliphatic heterocycles. The first-order valence-corrected chi connectivity index (χ1v) is 39.3. The van der Waals surface area contributed by atoms with Crippen LogP contribution < -0.4 is 64.6 Å². The molecule has 19 N–H and O–H groups in total. The number of primary amides is 2. The highest BCUT2D eigenvalue weighted by molar-refractivity contribution is 5.98. The highest BCUT2D eigenvalue weighted by Gasteiger charge is 2.36. The summed E-state index contributed by atoms with van der Waals surface area (Å²) in [6, 6.07) is 12.8. The summed E-state index contributed by atoms with van der Waals surface area (Å²) in [4.78, 5) is 218. The van der Waals surface area contributed by atoms with Crippen LogP contribution in [-0.4, -0.2) is 303 Å². The highest BCUT2D eigenvalue weighted by atomic mass is 16.5. The Balaban J connectivity index is 0.0000220. The molecule has 0 aliphatic carbocycles. The van der Waals surface area contributed by atoms with Gasteiger partial charge in [0.15, 0.2) is 0 Å². The number of rotatable bonds is 45. The van der Waals surface area contributed by atoms with E-state index in [2.05, 4.69) is 68.1 Å². The number of benzene rings is 3. The molecule has 2 saturated heterocycles. The van der Waals surface area contributed by atoms with E-state index in [9.17, 15) is 87.2 Å². The number of aliphatic carboxylic acids is 3. The lowest BCUT2D eigenvalue weighted by Gasteiger charge is -2.32. The van der Waals surface area contributed by atoms with Crippen molar-refractivity contribution in [3.05, 3.63) is 120 Å². The molecule has 0 bridgehead atoms. The van der Waals surface area contributed by atoms with Crippen molar-refractivity contribution < 1.29 is 92.0 Å².